The van der Waals surface area contributed by atoms with Crippen LogP contribution in [0.4, 0.5) is 5.69 Å². The molecule has 0 aliphatic carbocycles. The second-order valence-electron chi connectivity index (χ2n) is 6.92. The summed E-state index contributed by atoms with van der Waals surface area (Å²) in [4.78, 5) is 24.7. The number of para-hydroxylation sites is 1. The normalized spacial score (nSPS) is 15.0. The number of ether oxygens (including phenoxy) is 2. The van der Waals surface area contributed by atoms with Crippen LogP contribution in [0.25, 0.3) is 0 Å². The van der Waals surface area contributed by atoms with Gasteiger partial charge in [0.2, 0.25) is 0 Å². The van der Waals surface area contributed by atoms with E-state index >= 15 is 0 Å². The maximum Gasteiger partial charge on any atom is 0.313 e. The molecule has 1 saturated heterocycles. The zero-order chi connectivity index (χ0) is 20.7. The van der Waals surface area contributed by atoms with Crippen LogP contribution in [0.5, 0.6) is 5.75 Å². The Balaban J connectivity index is 1.69. The first-order chi connectivity index (χ1) is 14.1. The summed E-state index contributed by atoms with van der Waals surface area (Å²) in [7, 11) is 1.61. The number of nitrogens with one attached hydrogen (secondary N) is 2. The average molecular weight is 393 g/mol. The van der Waals surface area contributed by atoms with Gasteiger partial charge in [-0.25, -0.2) is 0 Å². The molecule has 0 saturated carbocycles. The maximum absolute atomic E-state index is 12.4. The van der Waals surface area contributed by atoms with E-state index in [0.29, 0.717) is 31.0 Å². The summed E-state index contributed by atoms with van der Waals surface area (Å²) in [5.41, 5.74) is 1.36. The summed E-state index contributed by atoms with van der Waals surface area (Å²) in [6.45, 7) is 1.49. The minimum Gasteiger partial charge on any atom is -0.497 e. The van der Waals surface area contributed by atoms with Crippen LogP contribution in [-0.4, -0.2) is 38.7 Å². The summed E-state index contributed by atoms with van der Waals surface area (Å²) in [5, 5.41) is 14.4. The van der Waals surface area contributed by atoms with Crippen molar-refractivity contribution in [3.8, 4) is 11.8 Å². The Morgan fingerprint density at radius 1 is 1.10 bits per heavy atom. The second kappa shape index (κ2) is 9.22. The lowest BCUT2D eigenvalue weighted by molar-refractivity contribution is -0.136. The van der Waals surface area contributed by atoms with Gasteiger partial charge in [0, 0.05) is 25.2 Å². The molecule has 1 aliphatic heterocycles. The van der Waals surface area contributed by atoms with Crippen molar-refractivity contribution in [2.75, 3.05) is 32.2 Å². The number of hydrogen-bond donors (Lipinski definition) is 2. The van der Waals surface area contributed by atoms with Crippen LogP contribution in [0.2, 0.25) is 0 Å². The quantitative estimate of drug-likeness (QED) is 0.760. The van der Waals surface area contributed by atoms with E-state index in [1.165, 1.54) is 0 Å². The average Bonchev–Trinajstić information content (AvgIpc) is 2.78. The van der Waals surface area contributed by atoms with Gasteiger partial charge in [0.25, 0.3) is 0 Å². The monoisotopic (exact) mass is 393 g/mol. The summed E-state index contributed by atoms with van der Waals surface area (Å²) < 4.78 is 10.7. The van der Waals surface area contributed by atoms with Crippen LogP contribution < -0.4 is 15.4 Å². The van der Waals surface area contributed by atoms with E-state index in [9.17, 15) is 9.59 Å². The molecule has 0 unspecified atom stereocenters. The molecule has 0 aromatic heterocycles. The molecule has 0 radical (unpaired) electrons. The number of nitrogens with zero attached hydrogens (tertiary/aromatic N) is 1. The Hall–Kier alpha value is -3.37. The van der Waals surface area contributed by atoms with Gasteiger partial charge in [-0.3, -0.25) is 9.59 Å². The highest BCUT2D eigenvalue weighted by molar-refractivity contribution is 6.39. The number of nitriles is 1. The van der Waals surface area contributed by atoms with Crippen LogP contribution in [0, 0.1) is 11.3 Å². The Kier molecular flexibility index (Phi) is 6.47. The van der Waals surface area contributed by atoms with Crippen molar-refractivity contribution >= 4 is 17.5 Å². The van der Waals surface area contributed by atoms with Crippen LogP contribution >= 0.6 is 0 Å². The SMILES string of the molecule is COc1ccc(C2(CNC(=O)C(=O)Nc3ccccc3C#N)CCOCC2)cc1. The largest absolute Gasteiger partial charge is 0.497 e. The number of amides is 2. The third kappa shape index (κ3) is 4.73. The molecule has 2 amide bonds. The number of hydrogen-bond acceptors (Lipinski definition) is 5. The first-order valence-corrected chi connectivity index (χ1v) is 9.38. The lowest BCUT2D eigenvalue weighted by atomic mass is 9.74. The van der Waals surface area contributed by atoms with Crippen molar-refractivity contribution < 1.29 is 19.1 Å². The molecule has 3 rings (SSSR count). The van der Waals surface area contributed by atoms with E-state index in [1.807, 2.05) is 30.3 Å². The zero-order valence-electron chi connectivity index (χ0n) is 16.2. The Morgan fingerprint density at radius 3 is 2.45 bits per heavy atom. The summed E-state index contributed by atoms with van der Waals surface area (Å²) in [5.74, 6) is -0.780. The predicted molar refractivity (Wildman–Crippen MR) is 108 cm³/mol. The molecule has 0 spiro atoms. The summed E-state index contributed by atoms with van der Waals surface area (Å²) in [6.07, 6.45) is 1.47. The van der Waals surface area contributed by atoms with Gasteiger partial charge in [0.1, 0.15) is 11.8 Å². The molecular formula is C22H23N3O4. The van der Waals surface area contributed by atoms with E-state index in [-0.39, 0.29) is 5.41 Å². The first kappa shape index (κ1) is 20.4. The molecule has 1 fully saturated rings. The van der Waals surface area contributed by atoms with E-state index in [0.717, 1.165) is 24.2 Å². The van der Waals surface area contributed by atoms with Crippen molar-refractivity contribution in [2.45, 2.75) is 18.3 Å². The molecule has 0 atom stereocenters. The van der Waals surface area contributed by atoms with E-state index < -0.39 is 11.8 Å². The minimum absolute atomic E-state index is 0.299. The number of methoxy groups -OCH3 is 1. The number of carbonyl (C=O) groups excluding carboxylic acids is 2. The molecule has 150 valence electrons. The van der Waals surface area contributed by atoms with Crippen LogP contribution in [0.15, 0.2) is 48.5 Å². The lowest BCUT2D eigenvalue weighted by Gasteiger charge is -2.38. The van der Waals surface area contributed by atoms with Crippen molar-refractivity contribution in [1.29, 1.82) is 5.26 Å². The Bertz CT molecular complexity index is 912. The summed E-state index contributed by atoms with van der Waals surface area (Å²) >= 11 is 0. The first-order valence-electron chi connectivity index (χ1n) is 9.38. The van der Waals surface area contributed by atoms with Crippen molar-refractivity contribution in [3.63, 3.8) is 0 Å². The molecular weight excluding hydrogens is 370 g/mol. The van der Waals surface area contributed by atoms with Crippen LogP contribution in [0.1, 0.15) is 24.0 Å². The van der Waals surface area contributed by atoms with Gasteiger partial charge in [0.05, 0.1) is 18.4 Å². The Morgan fingerprint density at radius 2 is 1.79 bits per heavy atom. The molecule has 2 aromatic carbocycles. The number of carbonyl (C=O) groups is 2. The van der Waals surface area contributed by atoms with Gasteiger partial charge < -0.3 is 20.1 Å². The number of benzene rings is 2. The number of anilines is 1. The highest BCUT2D eigenvalue weighted by Gasteiger charge is 2.35. The molecule has 2 N–H and O–H groups in total. The number of rotatable bonds is 5. The fourth-order valence-corrected chi connectivity index (χ4v) is 3.47. The van der Waals surface area contributed by atoms with Gasteiger partial charge in [-0.15, -0.1) is 0 Å². The standard InChI is InChI=1S/C22H23N3O4/c1-28-18-8-6-17(7-9-18)22(10-12-29-13-11-22)15-24-20(26)21(27)25-19-5-3-2-4-16(19)14-23/h2-9H,10-13,15H2,1H3,(H,24,26)(H,25,27). The molecule has 2 aromatic rings. The van der Waals surface area contributed by atoms with E-state index in [1.54, 1.807) is 31.4 Å². The Labute approximate surface area is 169 Å². The molecule has 1 aliphatic rings. The van der Waals surface area contributed by atoms with Gasteiger partial charge in [-0.2, -0.15) is 5.26 Å². The summed E-state index contributed by atoms with van der Waals surface area (Å²) in [6, 6.07) is 16.3. The van der Waals surface area contributed by atoms with Crippen LogP contribution in [0.3, 0.4) is 0 Å². The van der Waals surface area contributed by atoms with Crippen LogP contribution in [-0.2, 0) is 19.7 Å². The van der Waals surface area contributed by atoms with E-state index in [4.69, 9.17) is 14.7 Å². The van der Waals surface area contributed by atoms with Gasteiger partial charge >= 0.3 is 11.8 Å². The third-order valence-electron chi connectivity index (χ3n) is 5.24. The predicted octanol–water partition coefficient (Wildman–Crippen LogP) is 2.37. The molecule has 0 bridgehead atoms. The fraction of sp³-hybridized carbons (Fsp3) is 0.318. The lowest BCUT2D eigenvalue weighted by Crippen LogP contribution is -2.47. The third-order valence-corrected chi connectivity index (χ3v) is 5.24. The fourth-order valence-electron chi connectivity index (χ4n) is 3.47. The van der Waals surface area contributed by atoms with Gasteiger partial charge in [0.15, 0.2) is 0 Å². The van der Waals surface area contributed by atoms with Gasteiger partial charge in [-0.05, 0) is 42.7 Å². The van der Waals surface area contributed by atoms with Crippen molar-refractivity contribution in [3.05, 3.63) is 59.7 Å². The topological polar surface area (TPSA) is 100 Å². The second-order valence-corrected chi connectivity index (χ2v) is 6.92. The highest BCUT2D eigenvalue weighted by atomic mass is 16.5. The zero-order valence-corrected chi connectivity index (χ0v) is 16.2. The van der Waals surface area contributed by atoms with Crippen molar-refractivity contribution in [2.24, 2.45) is 0 Å². The smallest absolute Gasteiger partial charge is 0.313 e. The molecule has 29 heavy (non-hydrogen) atoms. The molecule has 7 nitrogen and oxygen atoms in total. The minimum atomic E-state index is -0.801. The highest BCUT2D eigenvalue weighted by Crippen LogP contribution is 2.35. The van der Waals surface area contributed by atoms with Crippen molar-refractivity contribution in [1.82, 2.24) is 5.32 Å². The maximum atomic E-state index is 12.4. The van der Waals surface area contributed by atoms with E-state index in [2.05, 4.69) is 10.6 Å². The molecule has 1 heterocycles. The van der Waals surface area contributed by atoms with Gasteiger partial charge in [-0.1, -0.05) is 24.3 Å². The molecule has 7 heteroatoms.